The molecule has 0 unspecified atom stereocenters. The second-order valence-corrected chi connectivity index (χ2v) is 6.15. The Morgan fingerprint density at radius 1 is 1.19 bits per heavy atom. The summed E-state index contributed by atoms with van der Waals surface area (Å²) in [6, 6.07) is 9.18. The lowest BCUT2D eigenvalue weighted by molar-refractivity contribution is -0.123. The number of amides is 1. The summed E-state index contributed by atoms with van der Waals surface area (Å²) >= 11 is 0. The SMILES string of the molecule is N[C@H](Cc1ccccc1)C(=O)NCC1(O)CCCCCC1. The molecule has 0 aromatic heterocycles. The largest absolute Gasteiger partial charge is 0.388 e. The van der Waals surface area contributed by atoms with E-state index >= 15 is 0 Å². The Hall–Kier alpha value is -1.39. The van der Waals surface area contributed by atoms with Gasteiger partial charge in [-0.2, -0.15) is 0 Å². The Morgan fingerprint density at radius 3 is 2.43 bits per heavy atom. The number of rotatable bonds is 5. The molecule has 116 valence electrons. The molecule has 1 aromatic rings. The molecule has 0 saturated heterocycles. The highest BCUT2D eigenvalue weighted by molar-refractivity contribution is 5.81. The molecule has 0 heterocycles. The van der Waals surface area contributed by atoms with Gasteiger partial charge in [0, 0.05) is 6.54 Å². The Balaban J connectivity index is 1.80. The van der Waals surface area contributed by atoms with Crippen molar-refractivity contribution in [2.24, 2.45) is 5.73 Å². The minimum absolute atomic E-state index is 0.184. The van der Waals surface area contributed by atoms with Crippen LogP contribution < -0.4 is 11.1 Å². The van der Waals surface area contributed by atoms with Crippen LogP contribution in [0.1, 0.15) is 44.1 Å². The average Bonchev–Trinajstić information content (AvgIpc) is 2.71. The van der Waals surface area contributed by atoms with Crippen molar-refractivity contribution < 1.29 is 9.90 Å². The van der Waals surface area contributed by atoms with Gasteiger partial charge in [-0.05, 0) is 24.8 Å². The van der Waals surface area contributed by atoms with Crippen molar-refractivity contribution in [2.75, 3.05) is 6.54 Å². The van der Waals surface area contributed by atoms with Gasteiger partial charge < -0.3 is 16.2 Å². The van der Waals surface area contributed by atoms with Gasteiger partial charge in [-0.3, -0.25) is 4.79 Å². The number of hydrogen-bond acceptors (Lipinski definition) is 3. The smallest absolute Gasteiger partial charge is 0.237 e. The Kier molecular flexibility index (Phi) is 5.76. The predicted molar refractivity (Wildman–Crippen MR) is 83.8 cm³/mol. The third kappa shape index (κ3) is 5.14. The third-order valence-corrected chi connectivity index (χ3v) is 4.26. The summed E-state index contributed by atoms with van der Waals surface area (Å²) in [6.07, 6.45) is 6.45. The maximum absolute atomic E-state index is 12.1. The molecule has 0 spiro atoms. The minimum atomic E-state index is -0.751. The topological polar surface area (TPSA) is 75.4 Å². The summed E-state index contributed by atoms with van der Waals surface area (Å²) in [7, 11) is 0. The second kappa shape index (κ2) is 7.57. The van der Waals surface area contributed by atoms with Gasteiger partial charge in [0.2, 0.25) is 5.91 Å². The lowest BCUT2D eigenvalue weighted by atomic mass is 9.94. The van der Waals surface area contributed by atoms with E-state index in [9.17, 15) is 9.90 Å². The Bertz CT molecular complexity index is 439. The van der Waals surface area contributed by atoms with Crippen LogP contribution in [0.2, 0.25) is 0 Å². The first-order valence-corrected chi connectivity index (χ1v) is 7.89. The van der Waals surface area contributed by atoms with E-state index in [0.717, 1.165) is 31.2 Å². The monoisotopic (exact) mass is 290 g/mol. The first-order valence-electron chi connectivity index (χ1n) is 7.89. The first-order chi connectivity index (χ1) is 10.1. The van der Waals surface area contributed by atoms with Crippen LogP contribution in [0.25, 0.3) is 0 Å². The van der Waals surface area contributed by atoms with Crippen molar-refractivity contribution in [1.29, 1.82) is 0 Å². The molecule has 0 aliphatic heterocycles. The summed E-state index contributed by atoms with van der Waals surface area (Å²) < 4.78 is 0. The normalized spacial score (nSPS) is 19.5. The first kappa shape index (κ1) is 16.0. The molecule has 4 heteroatoms. The zero-order valence-electron chi connectivity index (χ0n) is 12.6. The number of aliphatic hydroxyl groups is 1. The van der Waals surface area contributed by atoms with Gasteiger partial charge in [0.05, 0.1) is 11.6 Å². The second-order valence-electron chi connectivity index (χ2n) is 6.15. The highest BCUT2D eigenvalue weighted by Gasteiger charge is 2.29. The Labute approximate surface area is 126 Å². The van der Waals surface area contributed by atoms with Crippen LogP contribution in [-0.4, -0.2) is 29.2 Å². The number of nitrogens with one attached hydrogen (secondary N) is 1. The third-order valence-electron chi connectivity index (χ3n) is 4.26. The van der Waals surface area contributed by atoms with Crippen molar-refractivity contribution in [2.45, 2.75) is 56.6 Å². The molecule has 4 N–H and O–H groups in total. The molecule has 21 heavy (non-hydrogen) atoms. The van der Waals surface area contributed by atoms with Crippen molar-refractivity contribution in [3.8, 4) is 0 Å². The molecule has 0 radical (unpaired) electrons. The van der Waals surface area contributed by atoms with E-state index < -0.39 is 11.6 Å². The van der Waals surface area contributed by atoms with Gasteiger partial charge in [-0.25, -0.2) is 0 Å². The zero-order valence-corrected chi connectivity index (χ0v) is 12.6. The van der Waals surface area contributed by atoms with Crippen LogP contribution in [0.5, 0.6) is 0 Å². The van der Waals surface area contributed by atoms with Crippen LogP contribution in [0.4, 0.5) is 0 Å². The lowest BCUT2D eigenvalue weighted by Gasteiger charge is -2.27. The van der Waals surface area contributed by atoms with E-state index in [1.165, 1.54) is 12.8 Å². The van der Waals surface area contributed by atoms with Crippen LogP contribution >= 0.6 is 0 Å². The fourth-order valence-corrected chi connectivity index (χ4v) is 2.91. The maximum Gasteiger partial charge on any atom is 0.237 e. The van der Waals surface area contributed by atoms with Crippen molar-refractivity contribution in [3.05, 3.63) is 35.9 Å². The van der Waals surface area contributed by atoms with Crippen molar-refractivity contribution >= 4 is 5.91 Å². The molecule has 4 nitrogen and oxygen atoms in total. The average molecular weight is 290 g/mol. The summed E-state index contributed by atoms with van der Waals surface area (Å²) in [6.45, 7) is 0.314. The van der Waals surface area contributed by atoms with Gasteiger partial charge in [0.15, 0.2) is 0 Å². The van der Waals surface area contributed by atoms with Gasteiger partial charge in [0.1, 0.15) is 0 Å². The molecule has 1 aliphatic carbocycles. The number of nitrogens with two attached hydrogens (primary N) is 1. The molecular formula is C17H26N2O2. The van der Waals surface area contributed by atoms with Gasteiger partial charge in [-0.15, -0.1) is 0 Å². The lowest BCUT2D eigenvalue weighted by Crippen LogP contribution is -2.48. The van der Waals surface area contributed by atoms with Gasteiger partial charge in [0.25, 0.3) is 0 Å². The molecule has 0 bridgehead atoms. The molecule has 1 aromatic carbocycles. The Morgan fingerprint density at radius 2 is 1.81 bits per heavy atom. The maximum atomic E-state index is 12.1. The zero-order chi connectivity index (χ0) is 15.1. The minimum Gasteiger partial charge on any atom is -0.388 e. The molecule has 1 atom stereocenters. The fraction of sp³-hybridized carbons (Fsp3) is 0.588. The summed E-state index contributed by atoms with van der Waals surface area (Å²) in [4.78, 5) is 12.1. The molecule has 2 rings (SSSR count). The number of benzene rings is 1. The van der Waals surface area contributed by atoms with Gasteiger partial charge >= 0.3 is 0 Å². The molecule has 1 saturated carbocycles. The van der Waals surface area contributed by atoms with Crippen molar-refractivity contribution in [3.63, 3.8) is 0 Å². The standard InChI is InChI=1S/C17H26N2O2/c18-15(12-14-8-4-3-5-9-14)16(20)19-13-17(21)10-6-1-2-7-11-17/h3-5,8-9,15,21H,1-2,6-7,10-13,18H2,(H,19,20)/t15-/m1/s1. The van der Waals surface area contributed by atoms with E-state index in [1.54, 1.807) is 0 Å². The molecular weight excluding hydrogens is 264 g/mol. The quantitative estimate of drug-likeness (QED) is 0.723. The number of carbonyl (C=O) groups excluding carboxylic acids is 1. The number of carbonyl (C=O) groups is 1. The van der Waals surface area contributed by atoms with Crippen LogP contribution in [0, 0.1) is 0 Å². The van der Waals surface area contributed by atoms with Crippen molar-refractivity contribution in [1.82, 2.24) is 5.32 Å². The fourth-order valence-electron chi connectivity index (χ4n) is 2.91. The molecule has 1 amide bonds. The highest BCUT2D eigenvalue weighted by Crippen LogP contribution is 2.26. The van der Waals surface area contributed by atoms with E-state index in [4.69, 9.17) is 5.73 Å². The molecule has 1 fully saturated rings. The van der Waals surface area contributed by atoms with E-state index in [-0.39, 0.29) is 5.91 Å². The van der Waals surface area contributed by atoms with E-state index in [2.05, 4.69) is 5.32 Å². The summed E-state index contributed by atoms with van der Waals surface area (Å²) in [5, 5.41) is 13.3. The summed E-state index contributed by atoms with van der Waals surface area (Å²) in [5.41, 5.74) is 6.24. The highest BCUT2D eigenvalue weighted by atomic mass is 16.3. The van der Waals surface area contributed by atoms with Crippen LogP contribution in [0.15, 0.2) is 30.3 Å². The predicted octanol–water partition coefficient (Wildman–Crippen LogP) is 1.76. The number of hydrogen-bond donors (Lipinski definition) is 3. The summed E-state index contributed by atoms with van der Waals surface area (Å²) in [5.74, 6) is -0.184. The van der Waals surface area contributed by atoms with Crippen LogP contribution in [0.3, 0.4) is 0 Å². The van der Waals surface area contributed by atoms with Crippen LogP contribution in [-0.2, 0) is 11.2 Å². The van der Waals surface area contributed by atoms with E-state index in [0.29, 0.717) is 13.0 Å². The molecule has 1 aliphatic rings. The van der Waals surface area contributed by atoms with Gasteiger partial charge in [-0.1, -0.05) is 56.0 Å². The van der Waals surface area contributed by atoms with E-state index in [1.807, 2.05) is 30.3 Å².